The Morgan fingerprint density at radius 3 is 2.59 bits per heavy atom. The lowest BCUT2D eigenvalue weighted by Gasteiger charge is -2.40. The highest BCUT2D eigenvalue weighted by molar-refractivity contribution is 6.35. The molecule has 0 unspecified atom stereocenters. The quantitative estimate of drug-likeness (QED) is 0.665. The number of nitrogens with zero attached hydrogens (tertiary/aromatic N) is 1. The monoisotopic (exact) mass is 402 g/mol. The van der Waals surface area contributed by atoms with Crippen LogP contribution in [0.25, 0.3) is 10.9 Å². The van der Waals surface area contributed by atoms with Crippen LogP contribution < -0.4 is 0 Å². The first kappa shape index (κ1) is 17.9. The molecule has 0 saturated heterocycles. The molecule has 2 aromatic carbocycles. The van der Waals surface area contributed by atoms with Crippen LogP contribution in [0.5, 0.6) is 0 Å². The van der Waals surface area contributed by atoms with Gasteiger partial charge in [0.05, 0.1) is 6.04 Å². The number of hydrogen-bond donors (Lipinski definition) is 2. The molecule has 0 aliphatic carbocycles. The molecule has 0 saturated carbocycles. The van der Waals surface area contributed by atoms with Crippen molar-refractivity contribution in [1.82, 2.24) is 9.88 Å². The van der Waals surface area contributed by atoms with E-state index in [0.29, 0.717) is 15.6 Å². The second kappa shape index (κ2) is 6.59. The molecular weight excluding hydrogens is 387 g/mol. The standard InChI is InChI=1S/C20H16Cl2N2O3/c1-10(25)24-17(20(26)27)9-14-12-4-2-3-5-16(12)23-18(14)19(24)13-7-6-11(21)8-15(13)22/h2-8,17,19,23H,9H2,1H3,(H,26,27)/t17-,19+/m0/s1. The minimum absolute atomic E-state index is 0.232. The summed E-state index contributed by atoms with van der Waals surface area (Å²) in [6.45, 7) is 1.38. The number of carbonyl (C=O) groups is 2. The SMILES string of the molecule is CC(=O)N1[C@H](c2ccc(Cl)cc2Cl)c2[nH]c3ccccc3c2C[C@H]1C(=O)O. The predicted octanol–water partition coefficient (Wildman–Crippen LogP) is 4.42. The van der Waals surface area contributed by atoms with Gasteiger partial charge in [-0.2, -0.15) is 0 Å². The van der Waals surface area contributed by atoms with Crippen molar-refractivity contribution >= 4 is 46.0 Å². The van der Waals surface area contributed by atoms with Crippen molar-refractivity contribution in [3.8, 4) is 0 Å². The van der Waals surface area contributed by atoms with Gasteiger partial charge in [0.25, 0.3) is 0 Å². The summed E-state index contributed by atoms with van der Waals surface area (Å²) in [6.07, 6.45) is 0.232. The number of amides is 1. The van der Waals surface area contributed by atoms with E-state index in [4.69, 9.17) is 23.2 Å². The Labute approximate surface area is 165 Å². The van der Waals surface area contributed by atoms with E-state index in [1.54, 1.807) is 18.2 Å². The van der Waals surface area contributed by atoms with E-state index in [9.17, 15) is 14.7 Å². The van der Waals surface area contributed by atoms with E-state index in [-0.39, 0.29) is 12.3 Å². The zero-order valence-electron chi connectivity index (χ0n) is 14.4. The van der Waals surface area contributed by atoms with Crippen LogP contribution in [0.4, 0.5) is 0 Å². The van der Waals surface area contributed by atoms with Crippen LogP contribution in [0.15, 0.2) is 42.5 Å². The van der Waals surface area contributed by atoms with Gasteiger partial charge in [-0.05, 0) is 29.3 Å². The fourth-order valence-electron chi connectivity index (χ4n) is 3.92. The Hall–Kier alpha value is -2.50. The normalized spacial score (nSPS) is 19.1. The van der Waals surface area contributed by atoms with Crippen molar-refractivity contribution < 1.29 is 14.7 Å². The van der Waals surface area contributed by atoms with Gasteiger partial charge in [0.15, 0.2) is 0 Å². The first-order chi connectivity index (χ1) is 12.9. The molecule has 0 radical (unpaired) electrons. The summed E-state index contributed by atoms with van der Waals surface area (Å²) in [5.74, 6) is -1.38. The smallest absolute Gasteiger partial charge is 0.326 e. The number of para-hydroxylation sites is 1. The maximum absolute atomic E-state index is 12.5. The number of halogens is 2. The van der Waals surface area contributed by atoms with Gasteiger partial charge in [0, 0.05) is 40.0 Å². The molecule has 1 aromatic heterocycles. The lowest BCUT2D eigenvalue weighted by atomic mass is 9.88. The Morgan fingerprint density at radius 2 is 1.93 bits per heavy atom. The summed E-state index contributed by atoms with van der Waals surface area (Å²) in [6, 6.07) is 11.1. The minimum atomic E-state index is -1.05. The molecule has 0 fully saturated rings. The molecule has 1 aliphatic rings. The topological polar surface area (TPSA) is 73.4 Å². The zero-order valence-corrected chi connectivity index (χ0v) is 15.9. The van der Waals surface area contributed by atoms with Crippen LogP contribution >= 0.6 is 23.2 Å². The Balaban J connectivity index is 2.02. The number of rotatable bonds is 2. The fraction of sp³-hybridized carbons (Fsp3) is 0.200. The van der Waals surface area contributed by atoms with Gasteiger partial charge >= 0.3 is 5.97 Å². The lowest BCUT2D eigenvalue weighted by Crippen LogP contribution is -2.50. The summed E-state index contributed by atoms with van der Waals surface area (Å²) in [5.41, 5.74) is 3.21. The van der Waals surface area contributed by atoms with Crippen molar-refractivity contribution in [2.24, 2.45) is 0 Å². The average molecular weight is 403 g/mol. The largest absolute Gasteiger partial charge is 0.480 e. The van der Waals surface area contributed by atoms with Crippen molar-refractivity contribution in [3.05, 3.63) is 69.3 Å². The molecule has 27 heavy (non-hydrogen) atoms. The molecule has 2 N–H and O–H groups in total. The highest BCUT2D eigenvalue weighted by Gasteiger charge is 2.43. The zero-order chi connectivity index (χ0) is 19.3. The molecule has 5 nitrogen and oxygen atoms in total. The van der Waals surface area contributed by atoms with E-state index in [2.05, 4.69) is 4.98 Å². The number of carboxylic acid groups (broad SMARTS) is 1. The number of hydrogen-bond acceptors (Lipinski definition) is 2. The molecule has 1 aliphatic heterocycles. The summed E-state index contributed by atoms with van der Waals surface area (Å²) in [4.78, 5) is 29.2. The number of carbonyl (C=O) groups excluding carboxylic acids is 1. The van der Waals surface area contributed by atoms with Gasteiger partial charge in [-0.15, -0.1) is 0 Å². The van der Waals surface area contributed by atoms with E-state index in [1.807, 2.05) is 24.3 Å². The second-order valence-electron chi connectivity index (χ2n) is 6.62. The minimum Gasteiger partial charge on any atom is -0.480 e. The molecule has 138 valence electrons. The molecular formula is C20H16Cl2N2O3. The van der Waals surface area contributed by atoms with Gasteiger partial charge in [0.1, 0.15) is 6.04 Å². The Morgan fingerprint density at radius 1 is 1.19 bits per heavy atom. The van der Waals surface area contributed by atoms with Gasteiger partial charge < -0.3 is 15.0 Å². The Bertz CT molecular complexity index is 1080. The van der Waals surface area contributed by atoms with Crippen molar-refractivity contribution in [3.63, 3.8) is 0 Å². The fourth-order valence-corrected chi connectivity index (χ4v) is 4.43. The number of fused-ring (bicyclic) bond motifs is 3. The second-order valence-corrected chi connectivity index (χ2v) is 7.46. The summed E-state index contributed by atoms with van der Waals surface area (Å²) in [5, 5.41) is 11.6. The number of aromatic amines is 1. The van der Waals surface area contributed by atoms with Crippen molar-refractivity contribution in [1.29, 1.82) is 0 Å². The third kappa shape index (κ3) is 2.87. The van der Waals surface area contributed by atoms with Crippen LogP contribution in [0, 0.1) is 0 Å². The first-order valence-corrected chi connectivity index (χ1v) is 9.20. The van der Waals surface area contributed by atoms with E-state index < -0.39 is 18.1 Å². The molecule has 2 atom stereocenters. The third-order valence-electron chi connectivity index (χ3n) is 5.04. The van der Waals surface area contributed by atoms with E-state index in [1.165, 1.54) is 11.8 Å². The molecule has 1 amide bonds. The van der Waals surface area contributed by atoms with Crippen LogP contribution in [0.2, 0.25) is 10.0 Å². The maximum Gasteiger partial charge on any atom is 0.326 e. The molecule has 3 aromatic rings. The number of H-pyrrole nitrogens is 1. The highest BCUT2D eigenvalue weighted by Crippen LogP contribution is 2.43. The van der Waals surface area contributed by atoms with E-state index in [0.717, 1.165) is 22.2 Å². The molecule has 7 heteroatoms. The molecule has 0 bridgehead atoms. The summed E-state index contributed by atoms with van der Waals surface area (Å²) in [7, 11) is 0. The predicted molar refractivity (Wildman–Crippen MR) is 104 cm³/mol. The maximum atomic E-state index is 12.5. The van der Waals surface area contributed by atoms with Crippen LogP contribution in [-0.2, 0) is 16.0 Å². The van der Waals surface area contributed by atoms with Crippen LogP contribution in [0.1, 0.15) is 29.8 Å². The van der Waals surface area contributed by atoms with Gasteiger partial charge in [0.2, 0.25) is 5.91 Å². The Kier molecular flexibility index (Phi) is 4.36. The third-order valence-corrected chi connectivity index (χ3v) is 5.60. The van der Waals surface area contributed by atoms with Crippen molar-refractivity contribution in [2.75, 3.05) is 0 Å². The molecule has 4 rings (SSSR count). The highest BCUT2D eigenvalue weighted by atomic mass is 35.5. The van der Waals surface area contributed by atoms with Crippen LogP contribution in [-0.4, -0.2) is 32.9 Å². The molecule has 0 spiro atoms. The first-order valence-electron chi connectivity index (χ1n) is 8.44. The van der Waals surface area contributed by atoms with Crippen molar-refractivity contribution in [2.45, 2.75) is 25.4 Å². The molecule has 2 heterocycles. The number of aliphatic carboxylic acids is 1. The summed E-state index contributed by atoms with van der Waals surface area (Å²) < 4.78 is 0. The summed E-state index contributed by atoms with van der Waals surface area (Å²) >= 11 is 12.5. The van der Waals surface area contributed by atoms with E-state index >= 15 is 0 Å². The van der Waals surface area contributed by atoms with Crippen LogP contribution in [0.3, 0.4) is 0 Å². The number of carboxylic acids is 1. The van der Waals surface area contributed by atoms with Gasteiger partial charge in [-0.25, -0.2) is 4.79 Å². The average Bonchev–Trinajstić information content (AvgIpc) is 2.99. The van der Waals surface area contributed by atoms with Gasteiger partial charge in [-0.3, -0.25) is 4.79 Å². The number of nitrogens with one attached hydrogen (secondary N) is 1. The lowest BCUT2D eigenvalue weighted by molar-refractivity contribution is -0.151. The number of aromatic nitrogens is 1. The number of benzene rings is 2. The van der Waals surface area contributed by atoms with Gasteiger partial charge in [-0.1, -0.05) is 47.5 Å².